The Balaban J connectivity index is 2.17. The number of benzene rings is 1. The van der Waals surface area contributed by atoms with Gasteiger partial charge in [-0.2, -0.15) is 0 Å². The van der Waals surface area contributed by atoms with Crippen LogP contribution in [0.25, 0.3) is 0 Å². The molecule has 0 radical (unpaired) electrons. The zero-order valence-electron chi connectivity index (χ0n) is 13.8. The third-order valence-electron chi connectivity index (χ3n) is 4.38. The molecule has 0 atom stereocenters. The molecule has 1 saturated heterocycles. The van der Waals surface area contributed by atoms with Gasteiger partial charge in [0, 0.05) is 31.9 Å². The lowest BCUT2D eigenvalue weighted by molar-refractivity contribution is -0.126. The van der Waals surface area contributed by atoms with Gasteiger partial charge in [0.05, 0.1) is 5.54 Å². The molecule has 2 rings (SSSR count). The minimum absolute atomic E-state index is 0.0689. The Morgan fingerprint density at radius 1 is 1.14 bits per heavy atom. The maximum absolute atomic E-state index is 12.7. The molecule has 0 saturated carbocycles. The Hall–Kier alpha value is -1.39. The SMILES string of the molecule is Cc1cc(C)c(NC(=O)C(C)(C)N2CCNCC2)c(C)c1. The van der Waals surface area contributed by atoms with Crippen LogP contribution in [0.4, 0.5) is 5.69 Å². The van der Waals surface area contributed by atoms with Crippen molar-refractivity contribution in [3.63, 3.8) is 0 Å². The van der Waals surface area contributed by atoms with Crippen LogP contribution in [0.3, 0.4) is 0 Å². The fourth-order valence-electron chi connectivity index (χ4n) is 3.01. The number of nitrogens with one attached hydrogen (secondary N) is 2. The number of anilines is 1. The first kappa shape index (κ1) is 16.0. The van der Waals surface area contributed by atoms with Gasteiger partial charge in [-0.25, -0.2) is 0 Å². The number of carbonyl (C=O) groups excluding carboxylic acids is 1. The van der Waals surface area contributed by atoms with Crippen molar-refractivity contribution in [2.24, 2.45) is 0 Å². The molecule has 1 aliphatic heterocycles. The lowest BCUT2D eigenvalue weighted by Crippen LogP contribution is -2.58. The van der Waals surface area contributed by atoms with Crippen LogP contribution in [-0.4, -0.2) is 42.5 Å². The number of amides is 1. The lowest BCUT2D eigenvalue weighted by Gasteiger charge is -2.40. The topological polar surface area (TPSA) is 44.4 Å². The minimum atomic E-state index is -0.494. The number of aryl methyl sites for hydroxylation is 3. The second-order valence-corrected chi connectivity index (χ2v) is 6.52. The molecule has 1 aromatic carbocycles. The van der Waals surface area contributed by atoms with Crippen molar-refractivity contribution in [1.82, 2.24) is 10.2 Å². The third kappa shape index (κ3) is 3.44. The van der Waals surface area contributed by atoms with Gasteiger partial charge in [-0.1, -0.05) is 17.7 Å². The van der Waals surface area contributed by atoms with Gasteiger partial charge in [0.1, 0.15) is 0 Å². The summed E-state index contributed by atoms with van der Waals surface area (Å²) >= 11 is 0. The van der Waals surface area contributed by atoms with E-state index in [2.05, 4.69) is 34.6 Å². The van der Waals surface area contributed by atoms with E-state index in [0.717, 1.165) is 43.0 Å². The molecule has 1 fully saturated rings. The summed E-state index contributed by atoms with van der Waals surface area (Å²) in [6.45, 7) is 13.9. The van der Waals surface area contributed by atoms with E-state index < -0.39 is 5.54 Å². The molecule has 0 aliphatic carbocycles. The van der Waals surface area contributed by atoms with E-state index in [1.54, 1.807) is 0 Å². The highest BCUT2D eigenvalue weighted by atomic mass is 16.2. The van der Waals surface area contributed by atoms with Crippen LogP contribution in [-0.2, 0) is 4.79 Å². The molecule has 1 aliphatic rings. The van der Waals surface area contributed by atoms with Crippen LogP contribution < -0.4 is 10.6 Å². The van der Waals surface area contributed by atoms with E-state index in [4.69, 9.17) is 0 Å². The third-order valence-corrected chi connectivity index (χ3v) is 4.38. The molecule has 0 bridgehead atoms. The average molecular weight is 289 g/mol. The van der Waals surface area contributed by atoms with Crippen molar-refractivity contribution >= 4 is 11.6 Å². The van der Waals surface area contributed by atoms with Crippen LogP contribution in [0.2, 0.25) is 0 Å². The molecule has 4 nitrogen and oxygen atoms in total. The van der Waals surface area contributed by atoms with Crippen LogP contribution >= 0.6 is 0 Å². The Kier molecular flexibility index (Phi) is 4.69. The molecule has 1 amide bonds. The predicted octanol–water partition coefficient (Wildman–Crippen LogP) is 2.23. The molecule has 0 unspecified atom stereocenters. The van der Waals surface area contributed by atoms with Crippen LogP contribution in [0.15, 0.2) is 12.1 Å². The van der Waals surface area contributed by atoms with Crippen LogP contribution in [0, 0.1) is 20.8 Å². The highest BCUT2D eigenvalue weighted by molar-refractivity contribution is 5.98. The molecule has 2 N–H and O–H groups in total. The Bertz CT molecular complexity index is 508. The highest BCUT2D eigenvalue weighted by Gasteiger charge is 2.35. The normalized spacial score (nSPS) is 16.8. The fraction of sp³-hybridized carbons (Fsp3) is 0.588. The molecule has 0 spiro atoms. The van der Waals surface area contributed by atoms with Gasteiger partial charge in [0.25, 0.3) is 0 Å². The molecule has 1 heterocycles. The summed E-state index contributed by atoms with van der Waals surface area (Å²) in [6, 6.07) is 4.22. The minimum Gasteiger partial charge on any atom is -0.324 e. The van der Waals surface area contributed by atoms with Crippen molar-refractivity contribution < 1.29 is 4.79 Å². The molecule has 4 heteroatoms. The number of carbonyl (C=O) groups is 1. The molecule has 0 aromatic heterocycles. The first-order chi connectivity index (χ1) is 9.82. The summed E-state index contributed by atoms with van der Waals surface area (Å²) in [5.74, 6) is 0.0689. The van der Waals surface area contributed by atoms with E-state index >= 15 is 0 Å². The number of piperazine rings is 1. The summed E-state index contributed by atoms with van der Waals surface area (Å²) < 4.78 is 0. The maximum Gasteiger partial charge on any atom is 0.244 e. The first-order valence-corrected chi connectivity index (χ1v) is 7.67. The van der Waals surface area contributed by atoms with Crippen molar-refractivity contribution in [2.45, 2.75) is 40.2 Å². The molecule has 1 aromatic rings. The number of nitrogens with zero attached hydrogens (tertiary/aromatic N) is 1. The fourth-order valence-corrected chi connectivity index (χ4v) is 3.01. The largest absolute Gasteiger partial charge is 0.324 e. The smallest absolute Gasteiger partial charge is 0.244 e. The summed E-state index contributed by atoms with van der Waals surface area (Å²) in [6.07, 6.45) is 0. The Labute approximate surface area is 127 Å². The van der Waals surface area contributed by atoms with Gasteiger partial charge < -0.3 is 10.6 Å². The van der Waals surface area contributed by atoms with Gasteiger partial charge in [-0.3, -0.25) is 9.69 Å². The highest BCUT2D eigenvalue weighted by Crippen LogP contribution is 2.24. The second kappa shape index (κ2) is 6.16. The van der Waals surface area contributed by atoms with Gasteiger partial charge in [0.2, 0.25) is 5.91 Å². The van der Waals surface area contributed by atoms with E-state index in [1.165, 1.54) is 5.56 Å². The molecular weight excluding hydrogens is 262 g/mol. The molecule has 21 heavy (non-hydrogen) atoms. The van der Waals surface area contributed by atoms with Gasteiger partial charge >= 0.3 is 0 Å². The first-order valence-electron chi connectivity index (χ1n) is 7.67. The van der Waals surface area contributed by atoms with Crippen molar-refractivity contribution in [3.05, 3.63) is 28.8 Å². The summed E-state index contributed by atoms with van der Waals surface area (Å²) in [4.78, 5) is 15.0. The monoisotopic (exact) mass is 289 g/mol. The second-order valence-electron chi connectivity index (χ2n) is 6.52. The molecular formula is C17H27N3O. The van der Waals surface area contributed by atoms with Crippen molar-refractivity contribution in [1.29, 1.82) is 0 Å². The maximum atomic E-state index is 12.7. The predicted molar refractivity (Wildman–Crippen MR) is 87.8 cm³/mol. The van der Waals surface area contributed by atoms with Gasteiger partial charge in [0.15, 0.2) is 0 Å². The number of rotatable bonds is 3. The Morgan fingerprint density at radius 3 is 2.19 bits per heavy atom. The van der Waals surface area contributed by atoms with Gasteiger partial charge in [-0.15, -0.1) is 0 Å². The lowest BCUT2D eigenvalue weighted by atomic mass is 9.99. The van der Waals surface area contributed by atoms with Crippen molar-refractivity contribution in [3.8, 4) is 0 Å². The number of hydrogen-bond donors (Lipinski definition) is 2. The van der Waals surface area contributed by atoms with E-state index in [9.17, 15) is 4.79 Å². The zero-order chi connectivity index (χ0) is 15.6. The summed E-state index contributed by atoms with van der Waals surface area (Å²) in [5.41, 5.74) is 3.93. The van der Waals surface area contributed by atoms with Crippen LogP contribution in [0.1, 0.15) is 30.5 Å². The zero-order valence-corrected chi connectivity index (χ0v) is 13.8. The van der Waals surface area contributed by atoms with E-state index in [-0.39, 0.29) is 5.91 Å². The average Bonchev–Trinajstić information content (AvgIpc) is 2.43. The van der Waals surface area contributed by atoms with Crippen molar-refractivity contribution in [2.75, 3.05) is 31.5 Å². The summed E-state index contributed by atoms with van der Waals surface area (Å²) in [5, 5.41) is 6.47. The van der Waals surface area contributed by atoms with E-state index in [0.29, 0.717) is 0 Å². The quantitative estimate of drug-likeness (QED) is 0.897. The molecule has 116 valence electrons. The van der Waals surface area contributed by atoms with Gasteiger partial charge in [-0.05, 0) is 45.7 Å². The van der Waals surface area contributed by atoms with E-state index in [1.807, 2.05) is 27.7 Å². The Morgan fingerprint density at radius 2 is 1.67 bits per heavy atom. The standard InChI is InChI=1S/C17H27N3O/c1-12-10-13(2)15(14(3)11-12)19-16(21)17(4,5)20-8-6-18-7-9-20/h10-11,18H,6-9H2,1-5H3,(H,19,21). The summed E-state index contributed by atoms with van der Waals surface area (Å²) in [7, 11) is 0. The number of hydrogen-bond acceptors (Lipinski definition) is 3. The van der Waals surface area contributed by atoms with Crippen LogP contribution in [0.5, 0.6) is 0 Å².